The monoisotopic (exact) mass is 1450 g/mol. The molecular weight excluding hydrogens is 1310 g/mol. The Kier molecular flexibility index (Phi) is 74.8. The topological polar surface area (TPSA) is 316 Å². The number of esters is 2. The van der Waals surface area contributed by atoms with Crippen molar-refractivity contribution in [2.75, 3.05) is 183 Å². The summed E-state index contributed by atoms with van der Waals surface area (Å²) >= 11 is 1.35. The summed E-state index contributed by atoms with van der Waals surface area (Å²) in [5, 5.41) is 12.6. The third kappa shape index (κ3) is 69.4. The third-order valence-electron chi connectivity index (χ3n) is 16.6. The van der Waals surface area contributed by atoms with Crippen LogP contribution in [-0.2, 0) is 95.1 Å². The number of carbonyl (C=O) groups is 6. The van der Waals surface area contributed by atoms with Crippen LogP contribution in [0.25, 0.3) is 0 Å². The van der Waals surface area contributed by atoms with Gasteiger partial charge in [0.25, 0.3) is 0 Å². The Labute approximate surface area is 607 Å². The summed E-state index contributed by atoms with van der Waals surface area (Å²) in [4.78, 5) is 74.8. The molecule has 0 radical (unpaired) electrons. The minimum Gasteiger partial charge on any atom is -0.465 e. The standard InChI is InChI=1S/C75H143N3O21S/c1-5-7-9-11-13-15-17-19-21-23-25-27-30-65(3)74(84)98-39-36-68(99-75(85)66(4)31-28-26-24-22-20-18-16-14-12-10-8-6-2)63-100-64-69(76)73(83)78-70(62-79)71(81)32-29-37-86-40-42-88-44-46-90-48-50-92-52-54-94-56-58-96-60-61-97-59-57-95-55-53-93-51-49-91-47-45-89-43-41-87-38-35-67(80)33-34-72(77)82/h65-66,68-70,79H,5-64,76H2,1-4H3,(H2,77,82)(H,78,83)/t65?,66?,68-,69+,70+/m1/s1. The lowest BCUT2D eigenvalue weighted by molar-refractivity contribution is -0.155. The second kappa shape index (κ2) is 77.1. The van der Waals surface area contributed by atoms with E-state index < -0.39 is 36.6 Å². The van der Waals surface area contributed by atoms with Crippen molar-refractivity contribution in [1.29, 1.82) is 0 Å². The van der Waals surface area contributed by atoms with Crippen molar-refractivity contribution in [2.24, 2.45) is 23.3 Å². The fraction of sp³-hybridized carbons (Fsp3) is 0.920. The Morgan fingerprint density at radius 3 is 1.05 bits per heavy atom. The molecule has 5 atom stereocenters. The fourth-order valence-electron chi connectivity index (χ4n) is 10.2. The number of nitrogens with two attached hydrogens (primary N) is 2. The highest BCUT2D eigenvalue weighted by atomic mass is 32.2. The molecule has 6 N–H and O–H groups in total. The molecule has 25 heteroatoms. The van der Waals surface area contributed by atoms with Crippen molar-refractivity contribution >= 4 is 47.1 Å². The number of carbonyl (C=O) groups excluding carboxylic acids is 6. The summed E-state index contributed by atoms with van der Waals surface area (Å²) in [6.45, 7) is 17.7. The second-order valence-electron chi connectivity index (χ2n) is 25.7. The van der Waals surface area contributed by atoms with Gasteiger partial charge >= 0.3 is 11.9 Å². The number of rotatable bonds is 83. The van der Waals surface area contributed by atoms with Crippen molar-refractivity contribution in [2.45, 2.75) is 251 Å². The molecule has 590 valence electrons. The first-order valence-corrected chi connectivity index (χ1v) is 39.9. The van der Waals surface area contributed by atoms with Gasteiger partial charge in [0.15, 0.2) is 5.78 Å². The molecule has 0 saturated carbocycles. The number of aliphatic hydroxyl groups excluding tert-OH is 1. The van der Waals surface area contributed by atoms with Gasteiger partial charge < -0.3 is 88.2 Å². The Balaban J connectivity index is 4.16. The number of amides is 2. The summed E-state index contributed by atoms with van der Waals surface area (Å²) < 4.78 is 77.9. The number of unbranched alkanes of at least 4 members (excludes halogenated alkanes) is 22. The molecule has 2 amide bonds. The van der Waals surface area contributed by atoms with Crippen LogP contribution in [0.4, 0.5) is 0 Å². The van der Waals surface area contributed by atoms with E-state index in [2.05, 4.69) is 19.2 Å². The SMILES string of the molecule is CCCCCCCCCCCCCCC(C)C(=O)OCC[C@H](CSC[C@H](N)C(=O)N[C@@H](CO)C(=O)CCCOCCOCCOCCOCCOCCOCCOCCOCCOCCOCCOCCOCCC(=O)CCC(N)=O)OC(=O)C(C)CCCCCCCCCCCCCC. The molecule has 0 aromatic carbocycles. The normalized spacial score (nSPS) is 13.1. The van der Waals surface area contributed by atoms with Gasteiger partial charge in [-0.05, 0) is 19.3 Å². The molecular formula is C75H143N3O21S. The maximum Gasteiger partial charge on any atom is 0.308 e. The van der Waals surface area contributed by atoms with Gasteiger partial charge in [-0.1, -0.05) is 182 Å². The van der Waals surface area contributed by atoms with Gasteiger partial charge in [-0.25, -0.2) is 0 Å². The highest BCUT2D eigenvalue weighted by Gasteiger charge is 2.26. The van der Waals surface area contributed by atoms with Crippen LogP contribution in [-0.4, -0.2) is 242 Å². The average molecular weight is 1460 g/mol. The third-order valence-corrected chi connectivity index (χ3v) is 17.8. The van der Waals surface area contributed by atoms with E-state index in [1.54, 1.807) is 0 Å². The van der Waals surface area contributed by atoms with Gasteiger partial charge in [0.1, 0.15) is 17.9 Å². The Bertz CT molecular complexity index is 1850. The van der Waals surface area contributed by atoms with Gasteiger partial charge in [-0.2, -0.15) is 11.8 Å². The van der Waals surface area contributed by atoms with Crippen LogP contribution in [0.3, 0.4) is 0 Å². The number of hydrogen-bond donors (Lipinski definition) is 4. The fourth-order valence-corrected chi connectivity index (χ4v) is 11.3. The predicted molar refractivity (Wildman–Crippen MR) is 392 cm³/mol. The number of nitrogens with one attached hydrogen (secondary N) is 1. The molecule has 0 rings (SSSR count). The molecule has 24 nitrogen and oxygen atoms in total. The van der Waals surface area contributed by atoms with Crippen LogP contribution in [0.1, 0.15) is 233 Å². The zero-order chi connectivity index (χ0) is 73.1. The van der Waals surface area contributed by atoms with E-state index in [1.165, 1.54) is 140 Å². The van der Waals surface area contributed by atoms with Crippen molar-refractivity contribution in [3.8, 4) is 0 Å². The number of ether oxygens (including phenoxy) is 14. The Hall–Kier alpha value is -2.99. The number of primary amides is 1. The number of Topliss-reactive ketones (excluding diaryl/α,β-unsaturated/α-hetero) is 2. The van der Waals surface area contributed by atoms with Crippen LogP contribution >= 0.6 is 11.8 Å². The lowest BCUT2D eigenvalue weighted by atomic mass is 10.0. The van der Waals surface area contributed by atoms with Gasteiger partial charge in [0.2, 0.25) is 11.8 Å². The molecule has 0 aliphatic carbocycles. The van der Waals surface area contributed by atoms with Crippen molar-refractivity contribution in [3.05, 3.63) is 0 Å². The van der Waals surface area contributed by atoms with Crippen LogP contribution in [0, 0.1) is 11.8 Å². The minimum atomic E-state index is -1.11. The first-order chi connectivity index (χ1) is 48.9. The lowest BCUT2D eigenvalue weighted by Crippen LogP contribution is -2.51. The van der Waals surface area contributed by atoms with Gasteiger partial charge in [-0.15, -0.1) is 0 Å². The summed E-state index contributed by atoms with van der Waals surface area (Å²) in [5.74, 6) is -1.93. The maximum atomic E-state index is 13.4. The minimum absolute atomic E-state index is 0.0487. The van der Waals surface area contributed by atoms with Crippen LogP contribution in [0.5, 0.6) is 0 Å². The molecule has 0 aliphatic rings. The highest BCUT2D eigenvalue weighted by Crippen LogP contribution is 2.20. The largest absolute Gasteiger partial charge is 0.465 e. The summed E-state index contributed by atoms with van der Waals surface area (Å²) in [6.07, 6.45) is 32.3. The van der Waals surface area contributed by atoms with E-state index in [4.69, 9.17) is 77.8 Å². The summed E-state index contributed by atoms with van der Waals surface area (Å²) in [5.41, 5.74) is 11.3. The van der Waals surface area contributed by atoms with Crippen molar-refractivity contribution < 1.29 is 100 Å². The van der Waals surface area contributed by atoms with E-state index in [1.807, 2.05) is 13.8 Å². The molecule has 0 fully saturated rings. The first kappa shape index (κ1) is 97.0. The van der Waals surface area contributed by atoms with Crippen LogP contribution in [0.15, 0.2) is 0 Å². The zero-order valence-electron chi connectivity index (χ0n) is 63.0. The molecule has 0 spiro atoms. The molecule has 2 unspecified atom stereocenters. The van der Waals surface area contributed by atoms with Crippen molar-refractivity contribution in [3.63, 3.8) is 0 Å². The average Bonchev–Trinajstić information content (AvgIpc) is 0.953. The van der Waals surface area contributed by atoms with E-state index in [0.29, 0.717) is 171 Å². The molecule has 0 heterocycles. The Morgan fingerprint density at radius 2 is 0.700 bits per heavy atom. The number of thioether (sulfide) groups is 1. The second-order valence-corrected chi connectivity index (χ2v) is 26.8. The molecule has 0 bridgehead atoms. The number of aliphatic hydroxyl groups is 1. The molecule has 100 heavy (non-hydrogen) atoms. The number of ketones is 2. The van der Waals surface area contributed by atoms with Crippen LogP contribution in [0.2, 0.25) is 0 Å². The zero-order valence-corrected chi connectivity index (χ0v) is 63.8. The van der Waals surface area contributed by atoms with E-state index >= 15 is 0 Å². The molecule has 0 saturated heterocycles. The lowest BCUT2D eigenvalue weighted by Gasteiger charge is -2.22. The molecule has 0 aromatic heterocycles. The smallest absolute Gasteiger partial charge is 0.308 e. The quantitative estimate of drug-likeness (QED) is 0.0325. The van der Waals surface area contributed by atoms with Crippen molar-refractivity contribution in [1.82, 2.24) is 5.32 Å². The van der Waals surface area contributed by atoms with E-state index in [-0.39, 0.29) is 80.0 Å². The van der Waals surface area contributed by atoms with Gasteiger partial charge in [0, 0.05) is 50.2 Å². The highest BCUT2D eigenvalue weighted by molar-refractivity contribution is 7.99. The summed E-state index contributed by atoms with van der Waals surface area (Å²) in [7, 11) is 0. The Morgan fingerprint density at radius 1 is 0.370 bits per heavy atom. The summed E-state index contributed by atoms with van der Waals surface area (Å²) in [6, 6.07) is -2.10. The predicted octanol–water partition coefficient (Wildman–Crippen LogP) is 10.6. The first-order valence-electron chi connectivity index (χ1n) is 38.7. The van der Waals surface area contributed by atoms with Gasteiger partial charge in [-0.3, -0.25) is 28.8 Å². The molecule has 0 aromatic rings. The van der Waals surface area contributed by atoms with Gasteiger partial charge in [0.05, 0.1) is 183 Å². The molecule has 0 aliphatic heterocycles. The van der Waals surface area contributed by atoms with Crippen LogP contribution < -0.4 is 16.8 Å². The van der Waals surface area contributed by atoms with E-state index in [9.17, 15) is 33.9 Å². The maximum absolute atomic E-state index is 13.4. The van der Waals surface area contributed by atoms with E-state index in [0.717, 1.165) is 38.5 Å². The number of hydrogen-bond acceptors (Lipinski definition) is 23.